The van der Waals surface area contributed by atoms with E-state index >= 15 is 0 Å². The molecule has 4 heteroatoms. The van der Waals surface area contributed by atoms with Crippen molar-refractivity contribution in [1.29, 1.82) is 0 Å². The minimum atomic E-state index is -4.32. The molecule has 1 N–H and O–H groups in total. The highest BCUT2D eigenvalue weighted by Crippen LogP contribution is 2.36. The first kappa shape index (κ1) is 14.9. The maximum atomic E-state index is 13.0. The molecule has 1 nitrogen and oxygen atoms in total. The second kappa shape index (κ2) is 5.63. The molecule has 1 rings (SSSR count). The minimum Gasteiger partial charge on any atom is -0.384 e. The van der Waals surface area contributed by atoms with Gasteiger partial charge in [0.15, 0.2) is 0 Å². The standard InChI is InChI=1S/C14H20F3N/c1-9(2)8-18-13-6-5-11(10(3)4)7-12(13)14(15,16)17/h5-7,9-10,18H,8H2,1-4H3. The van der Waals surface area contributed by atoms with E-state index in [0.717, 1.165) is 0 Å². The molecule has 1 aromatic rings. The largest absolute Gasteiger partial charge is 0.418 e. The van der Waals surface area contributed by atoms with E-state index in [-0.39, 0.29) is 11.6 Å². The topological polar surface area (TPSA) is 12.0 Å². The Bertz CT molecular complexity index is 395. The van der Waals surface area contributed by atoms with Crippen molar-refractivity contribution < 1.29 is 13.2 Å². The van der Waals surface area contributed by atoms with Crippen LogP contribution in [0, 0.1) is 5.92 Å². The first-order valence-corrected chi connectivity index (χ1v) is 6.16. The molecule has 0 saturated carbocycles. The lowest BCUT2D eigenvalue weighted by molar-refractivity contribution is -0.137. The van der Waals surface area contributed by atoms with Gasteiger partial charge in [0.1, 0.15) is 0 Å². The van der Waals surface area contributed by atoms with Gasteiger partial charge in [0.2, 0.25) is 0 Å². The van der Waals surface area contributed by atoms with Crippen molar-refractivity contribution in [2.45, 2.75) is 39.8 Å². The molecule has 0 aliphatic carbocycles. The second-order valence-electron chi connectivity index (χ2n) is 5.23. The van der Waals surface area contributed by atoms with E-state index in [9.17, 15) is 13.2 Å². The molecule has 0 bridgehead atoms. The van der Waals surface area contributed by atoms with Gasteiger partial charge >= 0.3 is 6.18 Å². The Hall–Kier alpha value is -1.19. The molecular formula is C14H20F3N. The Balaban J connectivity index is 3.09. The zero-order valence-electron chi connectivity index (χ0n) is 11.2. The molecule has 0 radical (unpaired) electrons. The van der Waals surface area contributed by atoms with E-state index < -0.39 is 11.7 Å². The number of alkyl halides is 3. The summed E-state index contributed by atoms with van der Waals surface area (Å²) in [5.41, 5.74) is 0.298. The van der Waals surface area contributed by atoms with E-state index in [1.54, 1.807) is 6.07 Å². The van der Waals surface area contributed by atoms with Gasteiger partial charge in [-0.2, -0.15) is 13.2 Å². The first-order valence-electron chi connectivity index (χ1n) is 6.16. The van der Waals surface area contributed by atoms with Crippen LogP contribution in [0.15, 0.2) is 18.2 Å². The highest BCUT2D eigenvalue weighted by molar-refractivity contribution is 5.54. The van der Waals surface area contributed by atoms with Crippen LogP contribution in [-0.4, -0.2) is 6.54 Å². The number of hydrogen-bond acceptors (Lipinski definition) is 1. The minimum absolute atomic E-state index is 0.0882. The smallest absolute Gasteiger partial charge is 0.384 e. The van der Waals surface area contributed by atoms with Crippen molar-refractivity contribution in [2.75, 3.05) is 11.9 Å². The van der Waals surface area contributed by atoms with E-state index in [0.29, 0.717) is 18.0 Å². The van der Waals surface area contributed by atoms with Crippen molar-refractivity contribution in [3.63, 3.8) is 0 Å². The molecule has 0 amide bonds. The third kappa shape index (κ3) is 3.93. The zero-order chi connectivity index (χ0) is 13.9. The maximum absolute atomic E-state index is 13.0. The average Bonchev–Trinajstić information content (AvgIpc) is 2.24. The third-order valence-electron chi connectivity index (χ3n) is 2.72. The Morgan fingerprint density at radius 3 is 2.17 bits per heavy atom. The quantitative estimate of drug-likeness (QED) is 0.811. The molecule has 0 spiro atoms. The molecule has 0 saturated heterocycles. The lowest BCUT2D eigenvalue weighted by atomic mass is 9.99. The van der Waals surface area contributed by atoms with Crippen molar-refractivity contribution in [3.8, 4) is 0 Å². The summed E-state index contributed by atoms with van der Waals surface area (Å²) < 4.78 is 38.9. The summed E-state index contributed by atoms with van der Waals surface area (Å²) in [6, 6.07) is 4.52. The highest BCUT2D eigenvalue weighted by Gasteiger charge is 2.33. The maximum Gasteiger partial charge on any atom is 0.418 e. The Morgan fingerprint density at radius 2 is 1.72 bits per heavy atom. The van der Waals surface area contributed by atoms with Gasteiger partial charge in [0.05, 0.1) is 5.56 Å². The lowest BCUT2D eigenvalue weighted by Crippen LogP contribution is -2.14. The van der Waals surface area contributed by atoms with Gasteiger partial charge in [-0.1, -0.05) is 33.8 Å². The van der Waals surface area contributed by atoms with Gasteiger partial charge in [-0.25, -0.2) is 0 Å². The fraction of sp³-hybridized carbons (Fsp3) is 0.571. The SMILES string of the molecule is CC(C)CNc1ccc(C(C)C)cc1C(F)(F)F. The van der Waals surface area contributed by atoms with Crippen LogP contribution in [0.25, 0.3) is 0 Å². The van der Waals surface area contributed by atoms with Crippen molar-refractivity contribution in [1.82, 2.24) is 0 Å². The van der Waals surface area contributed by atoms with E-state index in [1.807, 2.05) is 27.7 Å². The predicted octanol–water partition coefficient (Wildman–Crippen LogP) is 4.90. The Morgan fingerprint density at radius 1 is 1.11 bits per heavy atom. The van der Waals surface area contributed by atoms with Crippen LogP contribution in [0.1, 0.15) is 44.7 Å². The normalized spacial score (nSPS) is 12.3. The molecule has 0 aliphatic rings. The Labute approximate surface area is 106 Å². The van der Waals surface area contributed by atoms with Crippen LogP contribution < -0.4 is 5.32 Å². The molecule has 0 unspecified atom stereocenters. The number of anilines is 1. The van der Waals surface area contributed by atoms with E-state index in [1.165, 1.54) is 12.1 Å². The number of rotatable bonds is 4. The number of benzene rings is 1. The lowest BCUT2D eigenvalue weighted by Gasteiger charge is -2.18. The van der Waals surface area contributed by atoms with Crippen LogP contribution in [0.4, 0.5) is 18.9 Å². The van der Waals surface area contributed by atoms with Gasteiger partial charge < -0.3 is 5.32 Å². The fourth-order valence-corrected chi connectivity index (χ4v) is 1.62. The van der Waals surface area contributed by atoms with Gasteiger partial charge in [-0.15, -0.1) is 0 Å². The van der Waals surface area contributed by atoms with E-state index in [4.69, 9.17) is 0 Å². The molecule has 0 aliphatic heterocycles. The summed E-state index contributed by atoms with van der Waals surface area (Å²) in [4.78, 5) is 0. The molecule has 0 atom stereocenters. The summed E-state index contributed by atoms with van der Waals surface area (Å²) >= 11 is 0. The fourth-order valence-electron chi connectivity index (χ4n) is 1.62. The van der Waals surface area contributed by atoms with E-state index in [2.05, 4.69) is 5.32 Å². The van der Waals surface area contributed by atoms with Crippen molar-refractivity contribution in [2.24, 2.45) is 5.92 Å². The molecule has 0 aromatic heterocycles. The van der Waals surface area contributed by atoms with Crippen LogP contribution in [0.5, 0.6) is 0 Å². The molecule has 1 aromatic carbocycles. The monoisotopic (exact) mass is 259 g/mol. The first-order chi connectivity index (χ1) is 8.21. The highest BCUT2D eigenvalue weighted by atomic mass is 19.4. The summed E-state index contributed by atoms with van der Waals surface area (Å²) in [6.45, 7) is 8.23. The van der Waals surface area contributed by atoms with Crippen molar-refractivity contribution >= 4 is 5.69 Å². The van der Waals surface area contributed by atoms with Crippen LogP contribution in [0.2, 0.25) is 0 Å². The van der Waals surface area contributed by atoms with Gasteiger partial charge in [0.25, 0.3) is 0 Å². The van der Waals surface area contributed by atoms with Crippen LogP contribution in [0.3, 0.4) is 0 Å². The molecule has 0 fully saturated rings. The second-order valence-corrected chi connectivity index (χ2v) is 5.23. The van der Waals surface area contributed by atoms with Crippen molar-refractivity contribution in [3.05, 3.63) is 29.3 Å². The van der Waals surface area contributed by atoms with Crippen LogP contribution in [-0.2, 0) is 6.18 Å². The van der Waals surface area contributed by atoms with Gasteiger partial charge in [-0.3, -0.25) is 0 Å². The third-order valence-corrected chi connectivity index (χ3v) is 2.72. The zero-order valence-corrected chi connectivity index (χ0v) is 11.2. The predicted molar refractivity (Wildman–Crippen MR) is 68.9 cm³/mol. The number of halogens is 3. The van der Waals surface area contributed by atoms with Gasteiger partial charge in [0, 0.05) is 12.2 Å². The molecule has 0 heterocycles. The summed E-state index contributed by atoms with van der Waals surface area (Å²) in [6.07, 6.45) is -4.32. The average molecular weight is 259 g/mol. The number of hydrogen-bond donors (Lipinski definition) is 1. The summed E-state index contributed by atoms with van der Waals surface area (Å²) in [5, 5.41) is 2.87. The van der Waals surface area contributed by atoms with Crippen LogP contribution >= 0.6 is 0 Å². The summed E-state index contributed by atoms with van der Waals surface area (Å²) in [7, 11) is 0. The molecular weight excluding hydrogens is 239 g/mol. The molecule has 102 valence electrons. The summed E-state index contributed by atoms with van der Waals surface area (Å²) in [5.74, 6) is 0.390. The molecule has 18 heavy (non-hydrogen) atoms. The number of nitrogens with one attached hydrogen (secondary N) is 1. The Kier molecular flexibility index (Phi) is 4.65. The van der Waals surface area contributed by atoms with Gasteiger partial charge in [-0.05, 0) is 29.5 Å².